The summed E-state index contributed by atoms with van der Waals surface area (Å²) in [5.41, 5.74) is -0.859. The summed E-state index contributed by atoms with van der Waals surface area (Å²) < 4.78 is 64.2. The quantitative estimate of drug-likeness (QED) is 0.0700. The average molecular weight is 718 g/mol. The number of benzene rings is 4. The summed E-state index contributed by atoms with van der Waals surface area (Å²) in [5, 5.41) is 23.3. The number of hydrogen-bond acceptors (Lipinski definition) is 7. The summed E-state index contributed by atoms with van der Waals surface area (Å²) in [7, 11) is 3.13. The van der Waals surface area contributed by atoms with E-state index in [0.29, 0.717) is 35.8 Å². The predicted octanol–water partition coefficient (Wildman–Crippen LogP) is 8.41. The van der Waals surface area contributed by atoms with Gasteiger partial charge in [0.05, 0.1) is 24.7 Å². The van der Waals surface area contributed by atoms with Gasteiger partial charge in [0.2, 0.25) is 11.4 Å². The van der Waals surface area contributed by atoms with E-state index < -0.39 is 23.2 Å². The van der Waals surface area contributed by atoms with E-state index >= 15 is 0 Å². The van der Waals surface area contributed by atoms with Crippen molar-refractivity contribution in [3.05, 3.63) is 124 Å². The molecule has 0 radical (unpaired) electrons. The fraction of sp³-hybridized carbons (Fsp3) is 0.350. The number of nitro groups is 1. The van der Waals surface area contributed by atoms with Gasteiger partial charge in [0.15, 0.2) is 11.5 Å². The first-order valence-corrected chi connectivity index (χ1v) is 17.3. The second-order valence-electron chi connectivity index (χ2n) is 13.2. The number of ether oxygens (including phenoxy) is 3. The third-order valence-corrected chi connectivity index (χ3v) is 9.76. The average Bonchev–Trinajstić information content (AvgIpc) is 3.54. The maximum Gasteiger partial charge on any atom is 0.422 e. The van der Waals surface area contributed by atoms with E-state index in [9.17, 15) is 28.4 Å². The molecule has 0 saturated carbocycles. The van der Waals surface area contributed by atoms with Crippen LogP contribution in [-0.4, -0.2) is 65.6 Å². The number of aliphatic hydroxyl groups is 1. The number of methoxy groups -OCH3 is 2. The molecule has 52 heavy (non-hydrogen) atoms. The van der Waals surface area contributed by atoms with Crippen LogP contribution in [0.15, 0.2) is 97.2 Å². The first-order valence-electron chi connectivity index (χ1n) is 17.3. The molecule has 0 spiro atoms. The number of non-ortho nitro benzene ring substituents is 1. The van der Waals surface area contributed by atoms with Crippen LogP contribution in [0.5, 0.6) is 17.2 Å². The summed E-state index contributed by atoms with van der Waals surface area (Å²) in [6.45, 7) is -0.258. The number of fused-ring (bicyclic) bond motifs is 1. The molecule has 274 valence electrons. The van der Waals surface area contributed by atoms with Crippen LogP contribution >= 0.6 is 0 Å². The van der Waals surface area contributed by atoms with Crippen LogP contribution in [-0.2, 0) is 18.4 Å². The number of alkyl halides is 3. The Balaban J connectivity index is 1.16. The number of nitro benzene ring substituents is 1. The molecule has 1 saturated heterocycles. The molecule has 0 amide bonds. The fourth-order valence-electron chi connectivity index (χ4n) is 6.96. The van der Waals surface area contributed by atoms with Crippen LogP contribution in [0.1, 0.15) is 42.4 Å². The number of rotatable bonds is 14. The van der Waals surface area contributed by atoms with Gasteiger partial charge in [-0.25, -0.2) is 0 Å². The smallest absolute Gasteiger partial charge is 0.422 e. The van der Waals surface area contributed by atoms with Gasteiger partial charge < -0.3 is 23.9 Å². The fourth-order valence-corrected chi connectivity index (χ4v) is 6.96. The van der Waals surface area contributed by atoms with Crippen molar-refractivity contribution in [2.75, 3.05) is 33.9 Å². The van der Waals surface area contributed by atoms with Gasteiger partial charge in [-0.1, -0.05) is 48.5 Å². The third kappa shape index (κ3) is 7.88. The molecule has 4 aromatic carbocycles. The van der Waals surface area contributed by atoms with Crippen molar-refractivity contribution < 1.29 is 37.4 Å². The standard InChI is InChI=1S/C40H42F3N3O6/c1-50-36-23-29(14-10-9-13-28-11-5-3-6-12-28)24-37(51-2)38(36)52-32-19-21-44(22-20-32)27-39(47,40(41,42)43)34-26-45(30-15-7-4-8-16-30)35-25-31(46(48)49)17-18-33(34)35/h3-8,11-12,15-18,23-26,32,47H,9-10,13-14,19-22,27H2,1-2H3. The van der Waals surface area contributed by atoms with Gasteiger partial charge in [-0.3, -0.25) is 15.0 Å². The van der Waals surface area contributed by atoms with E-state index in [-0.39, 0.29) is 41.3 Å². The lowest BCUT2D eigenvalue weighted by atomic mass is 9.91. The molecule has 5 aromatic rings. The van der Waals surface area contributed by atoms with Crippen molar-refractivity contribution in [2.45, 2.75) is 56.4 Å². The van der Waals surface area contributed by atoms with Crippen molar-refractivity contribution >= 4 is 16.6 Å². The molecule has 1 N–H and O–H groups in total. The van der Waals surface area contributed by atoms with Gasteiger partial charge in [-0.15, -0.1) is 0 Å². The summed E-state index contributed by atoms with van der Waals surface area (Å²) in [4.78, 5) is 12.6. The van der Waals surface area contributed by atoms with Gasteiger partial charge in [-0.05, 0) is 80.0 Å². The van der Waals surface area contributed by atoms with E-state index in [1.807, 2.05) is 30.3 Å². The normalized spacial score (nSPS) is 15.3. The van der Waals surface area contributed by atoms with E-state index in [4.69, 9.17) is 14.2 Å². The number of β-amino-alcohol motifs (C(OH)–C–C–N with tert-alkyl or cyclic N) is 1. The highest BCUT2D eigenvalue weighted by Gasteiger charge is 2.57. The number of nitrogens with zero attached hydrogens (tertiary/aromatic N) is 3. The number of likely N-dealkylation sites (tertiary alicyclic amines) is 1. The van der Waals surface area contributed by atoms with Gasteiger partial charge in [0.25, 0.3) is 5.69 Å². The van der Waals surface area contributed by atoms with Crippen molar-refractivity contribution in [1.82, 2.24) is 9.47 Å². The molecule has 6 rings (SSSR count). The molecule has 12 heteroatoms. The van der Waals surface area contributed by atoms with Crippen molar-refractivity contribution in [1.29, 1.82) is 0 Å². The maximum atomic E-state index is 15.0. The Kier molecular flexibility index (Phi) is 11.1. The van der Waals surface area contributed by atoms with Crippen LogP contribution in [0.25, 0.3) is 16.6 Å². The number of para-hydroxylation sites is 1. The van der Waals surface area contributed by atoms with E-state index in [0.717, 1.165) is 37.3 Å². The minimum absolute atomic E-state index is 0.0753. The Labute approximate surface area is 300 Å². The summed E-state index contributed by atoms with van der Waals surface area (Å²) in [6, 6.07) is 26.5. The Hall–Kier alpha value is -5.07. The summed E-state index contributed by atoms with van der Waals surface area (Å²) in [5.74, 6) is 1.51. The topological polar surface area (TPSA) is 99.2 Å². The minimum Gasteiger partial charge on any atom is -0.493 e. The first-order chi connectivity index (χ1) is 25.0. The third-order valence-electron chi connectivity index (χ3n) is 9.76. The Morgan fingerprint density at radius 2 is 1.44 bits per heavy atom. The number of aromatic nitrogens is 1. The Morgan fingerprint density at radius 1 is 0.846 bits per heavy atom. The molecule has 0 aliphatic carbocycles. The highest BCUT2D eigenvalue weighted by atomic mass is 19.4. The van der Waals surface area contributed by atoms with Gasteiger partial charge in [0.1, 0.15) is 6.10 Å². The highest BCUT2D eigenvalue weighted by Crippen LogP contribution is 2.45. The Morgan fingerprint density at radius 3 is 2.02 bits per heavy atom. The zero-order valence-electron chi connectivity index (χ0n) is 29.1. The second kappa shape index (κ2) is 15.7. The van der Waals surface area contributed by atoms with Crippen LogP contribution in [0.2, 0.25) is 0 Å². The largest absolute Gasteiger partial charge is 0.493 e. The Bertz CT molecular complexity index is 1950. The molecular formula is C40H42F3N3O6. The zero-order valence-corrected chi connectivity index (χ0v) is 29.1. The van der Waals surface area contributed by atoms with Crippen molar-refractivity contribution in [3.63, 3.8) is 0 Å². The van der Waals surface area contributed by atoms with Crippen molar-refractivity contribution in [2.24, 2.45) is 0 Å². The maximum absolute atomic E-state index is 15.0. The van der Waals surface area contributed by atoms with Crippen LogP contribution in [0.3, 0.4) is 0 Å². The number of unbranched alkanes of at least 4 members (excludes halogenated alkanes) is 1. The number of aryl methyl sites for hydroxylation is 2. The molecule has 1 atom stereocenters. The predicted molar refractivity (Wildman–Crippen MR) is 193 cm³/mol. The van der Waals surface area contributed by atoms with E-state index in [1.165, 1.54) is 28.5 Å². The highest BCUT2D eigenvalue weighted by molar-refractivity contribution is 5.88. The lowest BCUT2D eigenvalue weighted by Gasteiger charge is -2.39. The summed E-state index contributed by atoms with van der Waals surface area (Å²) in [6.07, 6.45) is 0.511. The van der Waals surface area contributed by atoms with Crippen LogP contribution in [0, 0.1) is 10.1 Å². The van der Waals surface area contributed by atoms with Crippen LogP contribution in [0.4, 0.5) is 18.9 Å². The molecule has 9 nitrogen and oxygen atoms in total. The van der Waals surface area contributed by atoms with Gasteiger partial charge >= 0.3 is 6.18 Å². The lowest BCUT2D eigenvalue weighted by molar-refractivity contribution is -0.384. The molecule has 1 unspecified atom stereocenters. The molecule has 1 aliphatic heterocycles. The van der Waals surface area contributed by atoms with Gasteiger partial charge in [0, 0.05) is 54.6 Å². The molecule has 0 bridgehead atoms. The SMILES string of the molecule is COc1cc(CCCCc2ccccc2)cc(OC)c1OC1CCN(CC(O)(c2cn(-c3ccccc3)c3cc([N+](=O)[O-])ccc23)C(F)(F)F)CC1. The number of hydrogen-bond donors (Lipinski definition) is 1. The van der Waals surface area contributed by atoms with Crippen LogP contribution < -0.4 is 14.2 Å². The summed E-state index contributed by atoms with van der Waals surface area (Å²) >= 11 is 0. The molecule has 1 fully saturated rings. The monoisotopic (exact) mass is 717 g/mol. The lowest BCUT2D eigenvalue weighted by Crippen LogP contribution is -2.53. The van der Waals surface area contributed by atoms with E-state index in [1.54, 1.807) is 49.5 Å². The van der Waals surface area contributed by atoms with Gasteiger partial charge in [-0.2, -0.15) is 13.2 Å². The number of halogens is 3. The molecule has 1 aromatic heterocycles. The molecular weight excluding hydrogens is 675 g/mol. The molecule has 2 heterocycles. The minimum atomic E-state index is -5.05. The number of piperidine rings is 1. The van der Waals surface area contributed by atoms with Crippen molar-refractivity contribution in [3.8, 4) is 22.9 Å². The molecule has 1 aliphatic rings. The second-order valence-corrected chi connectivity index (χ2v) is 13.2. The first kappa shape index (κ1) is 36.7. The zero-order chi connectivity index (χ0) is 36.9. The van der Waals surface area contributed by atoms with E-state index in [2.05, 4.69) is 12.1 Å².